The summed E-state index contributed by atoms with van der Waals surface area (Å²) < 4.78 is 0. The van der Waals surface area contributed by atoms with Crippen LogP contribution in [0.2, 0.25) is 5.02 Å². The molecule has 0 atom stereocenters. The van der Waals surface area contributed by atoms with Gasteiger partial charge in [0.05, 0.1) is 5.52 Å². The van der Waals surface area contributed by atoms with Gasteiger partial charge in [0, 0.05) is 60.6 Å². The van der Waals surface area contributed by atoms with Crippen LogP contribution in [0.1, 0.15) is 11.1 Å². The topological polar surface area (TPSA) is 19.4 Å². The van der Waals surface area contributed by atoms with Gasteiger partial charge in [-0.1, -0.05) is 78.8 Å². The van der Waals surface area contributed by atoms with Crippen LogP contribution in [0.3, 0.4) is 0 Å². The van der Waals surface area contributed by atoms with Crippen molar-refractivity contribution in [2.45, 2.75) is 6.54 Å². The second kappa shape index (κ2) is 9.15. The van der Waals surface area contributed by atoms with Gasteiger partial charge in [0.1, 0.15) is 0 Å². The van der Waals surface area contributed by atoms with Crippen LogP contribution >= 0.6 is 11.6 Å². The molecular formula is C28H26ClN3. The lowest BCUT2D eigenvalue weighted by Crippen LogP contribution is -2.44. The van der Waals surface area contributed by atoms with Gasteiger partial charge in [-0.3, -0.25) is 9.88 Å². The molecule has 3 aromatic carbocycles. The number of rotatable bonds is 5. The van der Waals surface area contributed by atoms with Crippen LogP contribution in [0, 0.1) is 0 Å². The molecule has 1 aliphatic heterocycles. The smallest absolute Gasteiger partial charge is 0.0780 e. The van der Waals surface area contributed by atoms with Crippen LogP contribution in [-0.4, -0.2) is 41.0 Å². The second-order valence-corrected chi connectivity index (χ2v) is 8.73. The highest BCUT2D eigenvalue weighted by atomic mass is 35.5. The van der Waals surface area contributed by atoms with Crippen LogP contribution in [0.15, 0.2) is 91.6 Å². The van der Waals surface area contributed by atoms with E-state index in [0.29, 0.717) is 0 Å². The van der Waals surface area contributed by atoms with E-state index in [2.05, 4.69) is 82.0 Å². The van der Waals surface area contributed by atoms with E-state index in [-0.39, 0.29) is 0 Å². The molecule has 1 aliphatic rings. The number of piperazine rings is 1. The highest BCUT2D eigenvalue weighted by Gasteiger charge is 2.19. The number of pyridine rings is 1. The number of aromatic nitrogens is 1. The Kier molecular flexibility index (Phi) is 5.93. The molecule has 0 unspecified atom stereocenters. The average molecular weight is 440 g/mol. The maximum atomic E-state index is 6.00. The standard InChI is InChI=1S/C28H26ClN3/c1-21(32-18-16-31(17-19-32)20-22-7-13-26(29)14-8-22)23-9-11-24(12-10-23)27-6-2-4-25-5-3-15-30-28(25)27/h2-15H,1,16-20H2. The second-order valence-electron chi connectivity index (χ2n) is 8.29. The minimum absolute atomic E-state index is 0.789. The number of hydrogen-bond donors (Lipinski definition) is 0. The average Bonchev–Trinajstić information content (AvgIpc) is 2.85. The molecule has 2 heterocycles. The quantitative estimate of drug-likeness (QED) is 0.361. The van der Waals surface area contributed by atoms with E-state index >= 15 is 0 Å². The summed E-state index contributed by atoms with van der Waals surface area (Å²) in [7, 11) is 0. The van der Waals surface area contributed by atoms with Gasteiger partial charge in [-0.05, 0) is 34.9 Å². The molecule has 1 fully saturated rings. The number of fused-ring (bicyclic) bond motifs is 1. The molecule has 3 nitrogen and oxygen atoms in total. The first-order valence-electron chi connectivity index (χ1n) is 11.0. The van der Waals surface area contributed by atoms with Crippen LogP contribution in [0.4, 0.5) is 0 Å². The monoisotopic (exact) mass is 439 g/mol. The third kappa shape index (κ3) is 4.40. The van der Waals surface area contributed by atoms with Crippen molar-refractivity contribution in [1.82, 2.24) is 14.8 Å². The zero-order valence-electron chi connectivity index (χ0n) is 18.0. The molecule has 160 valence electrons. The van der Waals surface area contributed by atoms with E-state index in [0.717, 1.165) is 59.9 Å². The Balaban J connectivity index is 1.24. The van der Waals surface area contributed by atoms with Crippen molar-refractivity contribution in [3.63, 3.8) is 0 Å². The Morgan fingerprint density at radius 2 is 1.56 bits per heavy atom. The summed E-state index contributed by atoms with van der Waals surface area (Å²) in [4.78, 5) is 9.48. The fraction of sp³-hybridized carbons (Fsp3) is 0.179. The maximum absolute atomic E-state index is 6.00. The summed E-state index contributed by atoms with van der Waals surface area (Å²) in [5.74, 6) is 0. The first-order valence-corrected chi connectivity index (χ1v) is 11.4. The largest absolute Gasteiger partial charge is 0.369 e. The third-order valence-electron chi connectivity index (χ3n) is 6.24. The summed E-state index contributed by atoms with van der Waals surface area (Å²) in [5.41, 5.74) is 6.96. The zero-order chi connectivity index (χ0) is 21.9. The predicted octanol–water partition coefficient (Wildman–Crippen LogP) is 6.34. The van der Waals surface area contributed by atoms with Gasteiger partial charge in [0.2, 0.25) is 0 Å². The van der Waals surface area contributed by atoms with E-state index in [9.17, 15) is 0 Å². The van der Waals surface area contributed by atoms with Crippen molar-refractivity contribution in [1.29, 1.82) is 0 Å². The first kappa shape index (κ1) is 20.7. The SMILES string of the molecule is C=C(c1ccc(-c2cccc3cccnc23)cc1)N1CCN(Cc2ccc(Cl)cc2)CC1. The van der Waals surface area contributed by atoms with Gasteiger partial charge in [0.25, 0.3) is 0 Å². The molecule has 0 radical (unpaired) electrons. The van der Waals surface area contributed by atoms with E-state index in [1.54, 1.807) is 0 Å². The zero-order valence-corrected chi connectivity index (χ0v) is 18.8. The van der Waals surface area contributed by atoms with Gasteiger partial charge in [-0.25, -0.2) is 0 Å². The van der Waals surface area contributed by atoms with Gasteiger partial charge >= 0.3 is 0 Å². The van der Waals surface area contributed by atoms with E-state index < -0.39 is 0 Å². The summed E-state index contributed by atoms with van der Waals surface area (Å²) in [6.45, 7) is 9.40. The molecule has 0 spiro atoms. The highest BCUT2D eigenvalue weighted by molar-refractivity contribution is 6.30. The van der Waals surface area contributed by atoms with Gasteiger partial charge in [-0.2, -0.15) is 0 Å². The Labute approximate surface area is 194 Å². The minimum Gasteiger partial charge on any atom is -0.369 e. The summed E-state index contributed by atoms with van der Waals surface area (Å²) in [6.07, 6.45) is 1.86. The number of nitrogens with zero attached hydrogens (tertiary/aromatic N) is 3. The lowest BCUT2D eigenvalue weighted by Gasteiger charge is -2.37. The fourth-order valence-corrected chi connectivity index (χ4v) is 4.51. The fourth-order valence-electron chi connectivity index (χ4n) is 4.39. The van der Waals surface area contributed by atoms with Crippen LogP contribution in [0.5, 0.6) is 0 Å². The molecule has 4 heteroatoms. The number of para-hydroxylation sites is 1. The molecule has 0 bridgehead atoms. The molecule has 0 saturated carbocycles. The van der Waals surface area contributed by atoms with Gasteiger partial charge < -0.3 is 4.90 Å². The summed E-state index contributed by atoms with van der Waals surface area (Å²) in [5, 5.41) is 1.95. The molecular weight excluding hydrogens is 414 g/mol. The van der Waals surface area contributed by atoms with E-state index in [1.807, 2.05) is 24.4 Å². The number of hydrogen-bond acceptors (Lipinski definition) is 3. The highest BCUT2D eigenvalue weighted by Crippen LogP contribution is 2.29. The van der Waals surface area contributed by atoms with Crippen LogP contribution < -0.4 is 0 Å². The molecule has 1 aromatic heterocycles. The Morgan fingerprint density at radius 1 is 0.844 bits per heavy atom. The lowest BCUT2D eigenvalue weighted by molar-refractivity contribution is 0.169. The Hall–Kier alpha value is -3.14. The van der Waals surface area contributed by atoms with Crippen molar-refractivity contribution in [3.05, 3.63) is 108 Å². The van der Waals surface area contributed by atoms with Crippen molar-refractivity contribution in [2.75, 3.05) is 26.2 Å². The van der Waals surface area contributed by atoms with Crippen LogP contribution in [0.25, 0.3) is 27.7 Å². The molecule has 0 N–H and O–H groups in total. The van der Waals surface area contributed by atoms with E-state index in [4.69, 9.17) is 11.6 Å². The third-order valence-corrected chi connectivity index (χ3v) is 6.49. The van der Waals surface area contributed by atoms with Gasteiger partial charge in [0.15, 0.2) is 0 Å². The molecule has 1 saturated heterocycles. The van der Waals surface area contributed by atoms with Crippen molar-refractivity contribution < 1.29 is 0 Å². The normalized spacial score (nSPS) is 14.6. The molecule has 4 aromatic rings. The number of halogens is 1. The lowest BCUT2D eigenvalue weighted by atomic mass is 10.00. The van der Waals surface area contributed by atoms with E-state index in [1.165, 1.54) is 16.7 Å². The summed E-state index contributed by atoms with van der Waals surface area (Å²) in [6, 6.07) is 27.3. The van der Waals surface area contributed by atoms with Crippen molar-refractivity contribution >= 4 is 28.2 Å². The molecule has 0 aliphatic carbocycles. The summed E-state index contributed by atoms with van der Waals surface area (Å²) >= 11 is 6.00. The van der Waals surface area contributed by atoms with Crippen LogP contribution in [-0.2, 0) is 6.54 Å². The minimum atomic E-state index is 0.789. The predicted molar refractivity (Wildman–Crippen MR) is 135 cm³/mol. The Bertz CT molecular complexity index is 1220. The first-order chi connectivity index (χ1) is 15.7. The van der Waals surface area contributed by atoms with Crippen molar-refractivity contribution in [3.8, 4) is 11.1 Å². The Morgan fingerprint density at radius 3 is 2.31 bits per heavy atom. The van der Waals surface area contributed by atoms with Crippen molar-refractivity contribution in [2.24, 2.45) is 0 Å². The molecule has 32 heavy (non-hydrogen) atoms. The molecule has 5 rings (SSSR count). The maximum Gasteiger partial charge on any atom is 0.0780 e. The van der Waals surface area contributed by atoms with Gasteiger partial charge in [-0.15, -0.1) is 0 Å². The molecule has 0 amide bonds. The number of benzene rings is 3.